The van der Waals surface area contributed by atoms with Crippen molar-refractivity contribution in [2.24, 2.45) is 5.73 Å². The van der Waals surface area contributed by atoms with Crippen LogP contribution in [0.5, 0.6) is 0 Å². The summed E-state index contributed by atoms with van der Waals surface area (Å²) in [5.41, 5.74) is 7.14. The van der Waals surface area contributed by atoms with Crippen molar-refractivity contribution in [3.8, 4) is 0 Å². The minimum atomic E-state index is -0.0742. The number of hydrogen-bond donors (Lipinski definition) is 2. The highest BCUT2D eigenvalue weighted by molar-refractivity contribution is 6.30. The Morgan fingerprint density at radius 2 is 2.25 bits per heavy atom. The molecule has 1 unspecified atom stereocenters. The topological polar surface area (TPSA) is 55.1 Å². The van der Waals surface area contributed by atoms with Crippen LogP contribution < -0.4 is 11.1 Å². The summed E-state index contributed by atoms with van der Waals surface area (Å²) in [6.07, 6.45) is 0.776. The van der Waals surface area contributed by atoms with Crippen LogP contribution in [0, 0.1) is 6.92 Å². The quantitative estimate of drug-likeness (QED) is 0.847. The smallest absolute Gasteiger partial charge is 0.251 e. The molecule has 0 heterocycles. The molecule has 1 rings (SSSR count). The number of amides is 1. The molecule has 0 bridgehead atoms. The van der Waals surface area contributed by atoms with Gasteiger partial charge in [-0.15, -0.1) is 0 Å². The van der Waals surface area contributed by atoms with E-state index in [1.54, 1.807) is 18.2 Å². The number of rotatable bonds is 4. The van der Waals surface area contributed by atoms with Gasteiger partial charge in [0.25, 0.3) is 5.91 Å². The van der Waals surface area contributed by atoms with E-state index in [0.29, 0.717) is 17.1 Å². The standard InChI is InChI=1S/C12H17ClN2O/c1-8-7-10(13)3-4-11(8)12(16)15-6-5-9(2)14/h3-4,7,9H,5-6,14H2,1-2H3,(H,15,16). The minimum absolute atomic E-state index is 0.0742. The van der Waals surface area contributed by atoms with Gasteiger partial charge in [0.15, 0.2) is 0 Å². The molecule has 4 heteroatoms. The third-order valence-electron chi connectivity index (χ3n) is 2.32. The van der Waals surface area contributed by atoms with Crippen LogP contribution in [0.25, 0.3) is 0 Å². The van der Waals surface area contributed by atoms with Crippen LogP contribution in [0.1, 0.15) is 29.3 Å². The third-order valence-corrected chi connectivity index (χ3v) is 2.55. The molecule has 0 radical (unpaired) electrons. The van der Waals surface area contributed by atoms with Crippen molar-refractivity contribution in [3.63, 3.8) is 0 Å². The highest BCUT2D eigenvalue weighted by Gasteiger charge is 2.08. The van der Waals surface area contributed by atoms with Gasteiger partial charge < -0.3 is 11.1 Å². The summed E-state index contributed by atoms with van der Waals surface area (Å²) in [6, 6.07) is 5.34. The summed E-state index contributed by atoms with van der Waals surface area (Å²) in [7, 11) is 0. The Balaban J connectivity index is 2.59. The summed E-state index contributed by atoms with van der Waals surface area (Å²) in [6.45, 7) is 4.38. The first kappa shape index (κ1) is 13.0. The van der Waals surface area contributed by atoms with Crippen molar-refractivity contribution in [2.45, 2.75) is 26.3 Å². The summed E-state index contributed by atoms with van der Waals surface area (Å²) < 4.78 is 0. The third kappa shape index (κ3) is 3.83. The van der Waals surface area contributed by atoms with E-state index >= 15 is 0 Å². The van der Waals surface area contributed by atoms with Crippen molar-refractivity contribution in [2.75, 3.05) is 6.54 Å². The first-order chi connectivity index (χ1) is 7.50. The van der Waals surface area contributed by atoms with Gasteiger partial charge in [-0.05, 0) is 44.0 Å². The number of carbonyl (C=O) groups is 1. The molecule has 0 spiro atoms. The number of carbonyl (C=O) groups excluding carboxylic acids is 1. The van der Waals surface area contributed by atoms with Crippen LogP contribution in [0.2, 0.25) is 5.02 Å². The fraction of sp³-hybridized carbons (Fsp3) is 0.417. The molecule has 0 aliphatic rings. The van der Waals surface area contributed by atoms with Gasteiger partial charge in [0.2, 0.25) is 0 Å². The molecule has 0 saturated carbocycles. The van der Waals surface area contributed by atoms with E-state index in [1.807, 2.05) is 13.8 Å². The number of aryl methyl sites for hydroxylation is 1. The van der Waals surface area contributed by atoms with Crippen LogP contribution in [0.15, 0.2) is 18.2 Å². The summed E-state index contributed by atoms with van der Waals surface area (Å²) in [5, 5.41) is 3.47. The summed E-state index contributed by atoms with van der Waals surface area (Å²) in [5.74, 6) is -0.0742. The molecule has 0 saturated heterocycles. The molecule has 88 valence electrons. The SMILES string of the molecule is Cc1cc(Cl)ccc1C(=O)NCCC(C)N. The Labute approximate surface area is 101 Å². The average Bonchev–Trinajstić information content (AvgIpc) is 2.16. The monoisotopic (exact) mass is 240 g/mol. The second-order valence-electron chi connectivity index (χ2n) is 3.98. The number of hydrogen-bond acceptors (Lipinski definition) is 2. The zero-order valence-corrected chi connectivity index (χ0v) is 10.3. The molecular weight excluding hydrogens is 224 g/mol. The molecule has 3 nitrogen and oxygen atoms in total. The average molecular weight is 241 g/mol. The fourth-order valence-corrected chi connectivity index (χ4v) is 1.62. The Bertz CT molecular complexity index is 377. The molecule has 0 aliphatic heterocycles. The van der Waals surface area contributed by atoms with Crippen molar-refractivity contribution < 1.29 is 4.79 Å². The van der Waals surface area contributed by atoms with Gasteiger partial charge >= 0.3 is 0 Å². The highest BCUT2D eigenvalue weighted by atomic mass is 35.5. The van der Waals surface area contributed by atoms with Gasteiger partial charge in [0.05, 0.1) is 0 Å². The van der Waals surface area contributed by atoms with Crippen molar-refractivity contribution in [1.82, 2.24) is 5.32 Å². The molecule has 0 aliphatic carbocycles. The maximum absolute atomic E-state index is 11.8. The molecule has 0 fully saturated rings. The number of halogens is 1. The Morgan fingerprint density at radius 1 is 1.56 bits per heavy atom. The highest BCUT2D eigenvalue weighted by Crippen LogP contribution is 2.14. The van der Waals surface area contributed by atoms with Gasteiger partial charge in [-0.3, -0.25) is 4.79 Å². The van der Waals surface area contributed by atoms with Crippen molar-refractivity contribution in [3.05, 3.63) is 34.3 Å². The maximum Gasteiger partial charge on any atom is 0.251 e. The molecule has 1 aromatic carbocycles. The van der Waals surface area contributed by atoms with Crippen LogP contribution >= 0.6 is 11.6 Å². The molecule has 0 aromatic heterocycles. The van der Waals surface area contributed by atoms with E-state index in [4.69, 9.17) is 17.3 Å². The second kappa shape index (κ2) is 5.87. The van der Waals surface area contributed by atoms with Crippen molar-refractivity contribution in [1.29, 1.82) is 0 Å². The molecule has 1 aromatic rings. The van der Waals surface area contributed by atoms with E-state index in [9.17, 15) is 4.79 Å². The summed E-state index contributed by atoms with van der Waals surface area (Å²) >= 11 is 5.82. The number of nitrogens with two attached hydrogens (primary N) is 1. The zero-order chi connectivity index (χ0) is 12.1. The lowest BCUT2D eigenvalue weighted by Gasteiger charge is -2.09. The predicted molar refractivity (Wildman–Crippen MR) is 66.8 cm³/mol. The molecule has 16 heavy (non-hydrogen) atoms. The van der Waals surface area contributed by atoms with Crippen LogP contribution in [-0.2, 0) is 0 Å². The maximum atomic E-state index is 11.8. The van der Waals surface area contributed by atoms with Gasteiger partial charge in [0, 0.05) is 23.2 Å². The Kier molecular flexibility index (Phi) is 4.77. The van der Waals surface area contributed by atoms with Gasteiger partial charge in [0.1, 0.15) is 0 Å². The summed E-state index contributed by atoms with van der Waals surface area (Å²) in [4.78, 5) is 11.8. The van der Waals surface area contributed by atoms with E-state index < -0.39 is 0 Å². The van der Waals surface area contributed by atoms with E-state index in [0.717, 1.165) is 12.0 Å². The lowest BCUT2D eigenvalue weighted by molar-refractivity contribution is 0.0952. The largest absolute Gasteiger partial charge is 0.352 e. The van der Waals surface area contributed by atoms with E-state index in [-0.39, 0.29) is 11.9 Å². The van der Waals surface area contributed by atoms with Crippen molar-refractivity contribution >= 4 is 17.5 Å². The van der Waals surface area contributed by atoms with Crippen LogP contribution in [-0.4, -0.2) is 18.5 Å². The van der Waals surface area contributed by atoms with Crippen LogP contribution in [0.3, 0.4) is 0 Å². The Morgan fingerprint density at radius 3 is 2.81 bits per heavy atom. The second-order valence-corrected chi connectivity index (χ2v) is 4.42. The van der Waals surface area contributed by atoms with Gasteiger partial charge in [-0.25, -0.2) is 0 Å². The molecule has 1 atom stereocenters. The fourth-order valence-electron chi connectivity index (χ4n) is 1.39. The Hall–Kier alpha value is -1.06. The molecular formula is C12H17ClN2O. The van der Waals surface area contributed by atoms with E-state index in [2.05, 4.69) is 5.32 Å². The van der Waals surface area contributed by atoms with Crippen LogP contribution in [0.4, 0.5) is 0 Å². The van der Waals surface area contributed by atoms with Gasteiger partial charge in [-0.1, -0.05) is 11.6 Å². The molecule has 3 N–H and O–H groups in total. The lowest BCUT2D eigenvalue weighted by atomic mass is 10.1. The first-order valence-corrected chi connectivity index (χ1v) is 5.68. The van der Waals surface area contributed by atoms with Gasteiger partial charge in [-0.2, -0.15) is 0 Å². The predicted octanol–water partition coefficient (Wildman–Crippen LogP) is 2.12. The van der Waals surface area contributed by atoms with E-state index in [1.165, 1.54) is 0 Å². The number of benzene rings is 1. The minimum Gasteiger partial charge on any atom is -0.352 e. The zero-order valence-electron chi connectivity index (χ0n) is 9.59. The number of nitrogens with one attached hydrogen (secondary N) is 1. The lowest BCUT2D eigenvalue weighted by Crippen LogP contribution is -2.29. The normalized spacial score (nSPS) is 12.2. The molecule has 1 amide bonds. The first-order valence-electron chi connectivity index (χ1n) is 5.30.